The third-order valence-electron chi connectivity index (χ3n) is 5.77. The minimum Gasteiger partial charge on any atom is -0.463 e. The Hall–Kier alpha value is -2.59. The van der Waals surface area contributed by atoms with Gasteiger partial charge in [-0.2, -0.15) is 4.31 Å². The van der Waals surface area contributed by atoms with Crippen molar-refractivity contribution in [3.63, 3.8) is 0 Å². The highest BCUT2D eigenvalue weighted by Crippen LogP contribution is 2.27. The number of aromatic nitrogens is 2. The topological polar surface area (TPSA) is 92.7 Å². The Balaban J connectivity index is 1.26. The molecule has 0 bridgehead atoms. The molecule has 2 aliphatic heterocycles. The van der Waals surface area contributed by atoms with Crippen molar-refractivity contribution in [2.24, 2.45) is 11.8 Å². The monoisotopic (exact) mass is 448 g/mol. The highest BCUT2D eigenvalue weighted by atomic mass is 32.2. The van der Waals surface area contributed by atoms with E-state index in [4.69, 9.17) is 4.74 Å². The molecule has 10 heteroatoms. The van der Waals surface area contributed by atoms with Crippen LogP contribution in [0.2, 0.25) is 0 Å². The number of amides is 1. The second-order valence-corrected chi connectivity index (χ2v) is 9.95. The highest BCUT2D eigenvalue weighted by Gasteiger charge is 2.34. The molecular weight excluding hydrogens is 423 g/mol. The summed E-state index contributed by atoms with van der Waals surface area (Å²) in [6, 6.07) is 7.10. The molecule has 1 atom stereocenters. The SMILES string of the molecule is O=C1CC(COc2ncccn2)CN1CC1CCN(S(=O)(=O)c2cccc(F)c2)CC1. The zero-order chi connectivity index (χ0) is 21.8. The average Bonchev–Trinajstić information content (AvgIpc) is 3.12. The lowest BCUT2D eigenvalue weighted by atomic mass is 9.97. The molecule has 3 heterocycles. The first-order valence-corrected chi connectivity index (χ1v) is 11.8. The van der Waals surface area contributed by atoms with Crippen molar-refractivity contribution in [2.75, 3.05) is 32.8 Å². The van der Waals surface area contributed by atoms with E-state index in [-0.39, 0.29) is 22.6 Å². The zero-order valence-corrected chi connectivity index (χ0v) is 17.9. The number of benzene rings is 1. The number of ether oxygens (including phenoxy) is 1. The normalized spacial score (nSPS) is 20.9. The number of rotatable bonds is 7. The molecule has 0 N–H and O–H groups in total. The first kappa shape index (κ1) is 21.6. The van der Waals surface area contributed by atoms with Crippen LogP contribution in [-0.2, 0) is 14.8 Å². The van der Waals surface area contributed by atoms with Crippen LogP contribution in [-0.4, -0.2) is 66.3 Å². The van der Waals surface area contributed by atoms with E-state index in [2.05, 4.69) is 9.97 Å². The Morgan fingerprint density at radius 3 is 2.55 bits per heavy atom. The third kappa shape index (κ3) is 5.19. The van der Waals surface area contributed by atoms with Gasteiger partial charge in [-0.1, -0.05) is 6.07 Å². The number of carbonyl (C=O) groups is 1. The summed E-state index contributed by atoms with van der Waals surface area (Å²) in [6.07, 6.45) is 4.97. The van der Waals surface area contributed by atoms with E-state index in [1.807, 2.05) is 4.90 Å². The second-order valence-electron chi connectivity index (χ2n) is 8.02. The van der Waals surface area contributed by atoms with E-state index in [9.17, 15) is 17.6 Å². The van der Waals surface area contributed by atoms with Gasteiger partial charge in [-0.3, -0.25) is 4.79 Å². The summed E-state index contributed by atoms with van der Waals surface area (Å²) in [7, 11) is -3.70. The van der Waals surface area contributed by atoms with Gasteiger partial charge in [-0.05, 0) is 43.0 Å². The Labute approximate surface area is 181 Å². The van der Waals surface area contributed by atoms with Crippen molar-refractivity contribution in [3.8, 4) is 6.01 Å². The van der Waals surface area contributed by atoms with Crippen LogP contribution in [0.4, 0.5) is 4.39 Å². The van der Waals surface area contributed by atoms with Crippen LogP contribution in [0, 0.1) is 17.7 Å². The number of nitrogens with zero attached hydrogens (tertiary/aromatic N) is 4. The fourth-order valence-corrected chi connectivity index (χ4v) is 5.62. The number of hydrogen-bond acceptors (Lipinski definition) is 6. The molecule has 0 aliphatic carbocycles. The first-order valence-electron chi connectivity index (χ1n) is 10.3. The molecular formula is C21H25FN4O4S. The predicted molar refractivity (Wildman–Crippen MR) is 110 cm³/mol. The van der Waals surface area contributed by atoms with Crippen LogP contribution < -0.4 is 4.74 Å². The molecule has 0 spiro atoms. The first-order chi connectivity index (χ1) is 14.9. The summed E-state index contributed by atoms with van der Waals surface area (Å²) in [5, 5.41) is 0. The predicted octanol–water partition coefficient (Wildman–Crippen LogP) is 1.94. The lowest BCUT2D eigenvalue weighted by Gasteiger charge is -2.33. The summed E-state index contributed by atoms with van der Waals surface area (Å²) >= 11 is 0. The van der Waals surface area contributed by atoms with Crippen molar-refractivity contribution in [1.29, 1.82) is 0 Å². The largest absolute Gasteiger partial charge is 0.463 e. The van der Waals surface area contributed by atoms with Crippen LogP contribution in [0.15, 0.2) is 47.6 Å². The second kappa shape index (κ2) is 9.27. The number of carbonyl (C=O) groups excluding carboxylic acids is 1. The summed E-state index contributed by atoms with van der Waals surface area (Å²) in [4.78, 5) is 22.3. The number of halogens is 1. The maximum Gasteiger partial charge on any atom is 0.316 e. The maximum absolute atomic E-state index is 13.4. The van der Waals surface area contributed by atoms with Gasteiger partial charge >= 0.3 is 6.01 Å². The molecule has 1 amide bonds. The zero-order valence-electron chi connectivity index (χ0n) is 17.1. The summed E-state index contributed by atoms with van der Waals surface area (Å²) in [6.45, 7) is 2.35. The molecule has 0 radical (unpaired) electrons. The Morgan fingerprint density at radius 1 is 1.10 bits per heavy atom. The van der Waals surface area contributed by atoms with Crippen LogP contribution in [0.3, 0.4) is 0 Å². The average molecular weight is 449 g/mol. The van der Waals surface area contributed by atoms with Gasteiger partial charge in [-0.15, -0.1) is 0 Å². The third-order valence-corrected chi connectivity index (χ3v) is 7.67. The standard InChI is InChI=1S/C21H25FN4O4S/c22-18-3-1-4-19(12-18)31(28,29)26-9-5-16(6-10-26)13-25-14-17(11-20(25)27)15-30-21-23-7-2-8-24-21/h1-4,7-8,12,16-17H,5-6,9-11,13-15H2. The molecule has 2 saturated heterocycles. The summed E-state index contributed by atoms with van der Waals surface area (Å²) in [5.74, 6) is -0.150. The minimum absolute atomic E-state index is 0.0223. The maximum atomic E-state index is 13.4. The summed E-state index contributed by atoms with van der Waals surface area (Å²) < 4.78 is 45.9. The van der Waals surface area contributed by atoms with Crippen molar-refractivity contribution < 1.29 is 22.3 Å². The molecule has 8 nitrogen and oxygen atoms in total. The molecule has 1 unspecified atom stereocenters. The lowest BCUT2D eigenvalue weighted by Crippen LogP contribution is -2.42. The number of sulfonamides is 1. The van der Waals surface area contributed by atoms with Crippen LogP contribution in [0.1, 0.15) is 19.3 Å². The van der Waals surface area contributed by atoms with Gasteiger partial charge in [-0.25, -0.2) is 22.8 Å². The number of likely N-dealkylation sites (tertiary alicyclic amines) is 1. The van der Waals surface area contributed by atoms with Crippen LogP contribution >= 0.6 is 0 Å². The van der Waals surface area contributed by atoms with Gasteiger partial charge in [0, 0.05) is 50.9 Å². The van der Waals surface area contributed by atoms with Gasteiger partial charge in [0.25, 0.3) is 0 Å². The molecule has 4 rings (SSSR count). The Bertz CT molecular complexity index is 1010. The van der Waals surface area contributed by atoms with Gasteiger partial charge in [0.2, 0.25) is 15.9 Å². The fraction of sp³-hybridized carbons (Fsp3) is 0.476. The van der Waals surface area contributed by atoms with E-state index in [1.54, 1.807) is 18.5 Å². The van der Waals surface area contributed by atoms with Crippen molar-refractivity contribution in [3.05, 3.63) is 48.5 Å². The number of piperidine rings is 1. The van der Waals surface area contributed by atoms with Gasteiger partial charge in [0.15, 0.2) is 0 Å². The molecule has 0 saturated carbocycles. The minimum atomic E-state index is -3.70. The smallest absolute Gasteiger partial charge is 0.316 e. The van der Waals surface area contributed by atoms with Gasteiger partial charge in [0.05, 0.1) is 11.5 Å². The summed E-state index contributed by atoms with van der Waals surface area (Å²) in [5.41, 5.74) is 0. The molecule has 1 aromatic carbocycles. The van der Waals surface area contributed by atoms with E-state index >= 15 is 0 Å². The Kier molecular flexibility index (Phi) is 6.47. The van der Waals surface area contributed by atoms with Crippen molar-refractivity contribution in [2.45, 2.75) is 24.2 Å². The van der Waals surface area contributed by atoms with E-state index in [1.165, 1.54) is 22.5 Å². The quantitative estimate of drug-likeness (QED) is 0.643. The van der Waals surface area contributed by atoms with E-state index in [0.717, 1.165) is 6.07 Å². The van der Waals surface area contributed by atoms with E-state index in [0.29, 0.717) is 58.1 Å². The van der Waals surface area contributed by atoms with E-state index < -0.39 is 15.8 Å². The molecule has 2 aliphatic rings. The van der Waals surface area contributed by atoms with Crippen molar-refractivity contribution >= 4 is 15.9 Å². The number of hydrogen-bond donors (Lipinski definition) is 0. The molecule has 166 valence electrons. The Morgan fingerprint density at radius 2 is 1.84 bits per heavy atom. The molecule has 1 aromatic heterocycles. The van der Waals surface area contributed by atoms with Gasteiger partial charge in [0.1, 0.15) is 5.82 Å². The van der Waals surface area contributed by atoms with Crippen LogP contribution in [0.5, 0.6) is 6.01 Å². The van der Waals surface area contributed by atoms with Crippen molar-refractivity contribution in [1.82, 2.24) is 19.2 Å². The van der Waals surface area contributed by atoms with Crippen LogP contribution in [0.25, 0.3) is 0 Å². The molecule has 2 aromatic rings. The molecule has 31 heavy (non-hydrogen) atoms. The highest BCUT2D eigenvalue weighted by molar-refractivity contribution is 7.89. The lowest BCUT2D eigenvalue weighted by molar-refractivity contribution is -0.128. The van der Waals surface area contributed by atoms with Gasteiger partial charge < -0.3 is 9.64 Å². The fourth-order valence-electron chi connectivity index (χ4n) is 4.11. The molecule has 2 fully saturated rings.